The summed E-state index contributed by atoms with van der Waals surface area (Å²) in [6.45, 7) is 2.08. The molecule has 2 unspecified atom stereocenters. The van der Waals surface area contributed by atoms with E-state index in [4.69, 9.17) is 0 Å². The lowest BCUT2D eigenvalue weighted by Gasteiger charge is -2.36. The molecule has 1 aromatic heterocycles. The molecule has 0 bridgehead atoms. The van der Waals surface area contributed by atoms with E-state index in [-0.39, 0.29) is 29.9 Å². The summed E-state index contributed by atoms with van der Waals surface area (Å²) >= 11 is 0. The van der Waals surface area contributed by atoms with Gasteiger partial charge in [-0.15, -0.1) is 0 Å². The Morgan fingerprint density at radius 2 is 2.00 bits per heavy atom. The van der Waals surface area contributed by atoms with E-state index >= 15 is 0 Å². The molecule has 2 aromatic rings. The minimum Gasteiger partial charge on any atom is -0.333 e. The number of hydrogen-bond donors (Lipinski definition) is 0. The maximum atomic E-state index is 13.0. The molecule has 128 valence electrons. The van der Waals surface area contributed by atoms with Crippen LogP contribution < -0.4 is 0 Å². The van der Waals surface area contributed by atoms with Gasteiger partial charge in [-0.1, -0.05) is 30.3 Å². The molecule has 2 heterocycles. The van der Waals surface area contributed by atoms with Gasteiger partial charge in [0.1, 0.15) is 0 Å². The summed E-state index contributed by atoms with van der Waals surface area (Å²) < 4.78 is 25.8. The van der Waals surface area contributed by atoms with E-state index in [9.17, 15) is 13.2 Å². The molecule has 24 heavy (non-hydrogen) atoms. The summed E-state index contributed by atoms with van der Waals surface area (Å²) in [6.07, 6.45) is 3.41. The van der Waals surface area contributed by atoms with Crippen LogP contribution in [0.25, 0.3) is 0 Å². The Kier molecular flexibility index (Phi) is 4.45. The van der Waals surface area contributed by atoms with Crippen molar-refractivity contribution in [3.63, 3.8) is 0 Å². The summed E-state index contributed by atoms with van der Waals surface area (Å²) in [5, 5.41) is 4.12. The van der Waals surface area contributed by atoms with Crippen molar-refractivity contribution < 1.29 is 13.2 Å². The number of amides is 1. The zero-order valence-corrected chi connectivity index (χ0v) is 14.6. The Balaban J connectivity index is 1.90. The van der Waals surface area contributed by atoms with Crippen molar-refractivity contribution in [2.45, 2.75) is 18.9 Å². The van der Waals surface area contributed by atoms with Crippen LogP contribution >= 0.6 is 0 Å². The lowest BCUT2D eigenvalue weighted by Crippen LogP contribution is -2.47. The first kappa shape index (κ1) is 16.7. The van der Waals surface area contributed by atoms with Gasteiger partial charge in [-0.05, 0) is 12.5 Å². The molecule has 1 aliphatic rings. The van der Waals surface area contributed by atoms with Gasteiger partial charge in [0.15, 0.2) is 9.84 Å². The zero-order valence-electron chi connectivity index (χ0n) is 13.8. The van der Waals surface area contributed by atoms with Crippen molar-refractivity contribution >= 4 is 15.7 Å². The van der Waals surface area contributed by atoms with Crippen LogP contribution in [0.2, 0.25) is 0 Å². The molecule has 6 nitrogen and oxygen atoms in total. The largest absolute Gasteiger partial charge is 0.333 e. The van der Waals surface area contributed by atoms with E-state index in [1.165, 1.54) is 0 Å². The van der Waals surface area contributed by atoms with Gasteiger partial charge >= 0.3 is 0 Å². The highest BCUT2D eigenvalue weighted by molar-refractivity contribution is 7.91. The highest BCUT2D eigenvalue weighted by atomic mass is 32.2. The fourth-order valence-corrected chi connectivity index (χ4v) is 4.59. The number of rotatable bonds is 3. The monoisotopic (exact) mass is 347 g/mol. The predicted molar refractivity (Wildman–Crippen MR) is 91.2 cm³/mol. The molecular formula is C17H21N3O3S. The number of sulfone groups is 1. The molecule has 7 heteroatoms. The molecule has 3 rings (SSSR count). The van der Waals surface area contributed by atoms with Crippen molar-refractivity contribution in [1.29, 1.82) is 0 Å². The number of nitrogens with zero attached hydrogens (tertiary/aromatic N) is 3. The molecule has 1 aliphatic heterocycles. The summed E-state index contributed by atoms with van der Waals surface area (Å²) in [5.41, 5.74) is 1.69. The molecule has 1 amide bonds. The molecule has 0 radical (unpaired) electrons. The van der Waals surface area contributed by atoms with Crippen LogP contribution in [0.15, 0.2) is 42.7 Å². The zero-order chi connectivity index (χ0) is 17.3. The summed E-state index contributed by atoms with van der Waals surface area (Å²) in [4.78, 5) is 14.7. The SMILES string of the molecule is CC(C(=O)N1CCS(=O)(=O)CC1c1cnn(C)c1)c1ccccc1. The molecule has 0 aliphatic carbocycles. The number of benzene rings is 1. The van der Waals surface area contributed by atoms with Gasteiger partial charge in [0.05, 0.1) is 29.7 Å². The van der Waals surface area contributed by atoms with Gasteiger partial charge in [0.2, 0.25) is 5.91 Å². The van der Waals surface area contributed by atoms with Crippen molar-refractivity contribution in [2.75, 3.05) is 18.1 Å². The number of carbonyl (C=O) groups excluding carboxylic acids is 1. The smallest absolute Gasteiger partial charge is 0.230 e. The average molecular weight is 347 g/mol. The third-order valence-electron chi connectivity index (χ3n) is 4.49. The first-order valence-corrected chi connectivity index (χ1v) is 9.74. The maximum absolute atomic E-state index is 13.0. The van der Waals surface area contributed by atoms with Crippen LogP contribution in [0.1, 0.15) is 30.0 Å². The molecular weight excluding hydrogens is 326 g/mol. The topological polar surface area (TPSA) is 72.3 Å². The second kappa shape index (κ2) is 6.39. The average Bonchev–Trinajstić information content (AvgIpc) is 3.00. The lowest BCUT2D eigenvalue weighted by molar-refractivity contribution is -0.134. The molecule has 1 aromatic carbocycles. The standard InChI is InChI=1S/C17H21N3O3S/c1-13(14-6-4-3-5-7-14)17(21)20-8-9-24(22,23)12-16(20)15-10-18-19(2)11-15/h3-7,10-11,13,16H,8-9,12H2,1-2H3. The highest BCUT2D eigenvalue weighted by Crippen LogP contribution is 2.30. The first-order chi connectivity index (χ1) is 11.4. The van der Waals surface area contributed by atoms with E-state index in [0.717, 1.165) is 11.1 Å². The van der Waals surface area contributed by atoms with Crippen LogP contribution in [-0.4, -0.2) is 47.1 Å². The Bertz CT molecular complexity index is 830. The minimum atomic E-state index is -3.16. The van der Waals surface area contributed by atoms with E-state index in [0.29, 0.717) is 0 Å². The van der Waals surface area contributed by atoms with Crippen molar-refractivity contribution in [1.82, 2.24) is 14.7 Å². The number of aromatic nitrogens is 2. The second-order valence-corrected chi connectivity index (χ2v) is 8.47. The van der Waals surface area contributed by atoms with E-state index in [1.807, 2.05) is 37.3 Å². The maximum Gasteiger partial charge on any atom is 0.230 e. The van der Waals surface area contributed by atoms with E-state index < -0.39 is 15.9 Å². The molecule has 0 saturated carbocycles. The van der Waals surface area contributed by atoms with Gasteiger partial charge in [-0.3, -0.25) is 9.48 Å². The highest BCUT2D eigenvalue weighted by Gasteiger charge is 2.37. The Morgan fingerprint density at radius 1 is 1.29 bits per heavy atom. The van der Waals surface area contributed by atoms with Gasteiger partial charge in [0, 0.05) is 25.4 Å². The quantitative estimate of drug-likeness (QED) is 0.844. The fourth-order valence-electron chi connectivity index (χ4n) is 3.09. The van der Waals surface area contributed by atoms with Gasteiger partial charge in [-0.25, -0.2) is 8.42 Å². The summed E-state index contributed by atoms with van der Waals surface area (Å²) in [5.74, 6) is -0.403. The normalized spacial score (nSPS) is 21.4. The number of carbonyl (C=O) groups is 1. The summed E-state index contributed by atoms with van der Waals surface area (Å²) in [6, 6.07) is 9.07. The molecule has 1 fully saturated rings. The molecule has 0 spiro atoms. The third kappa shape index (κ3) is 3.36. The van der Waals surface area contributed by atoms with Crippen LogP contribution in [-0.2, 0) is 21.7 Å². The van der Waals surface area contributed by atoms with E-state index in [2.05, 4.69) is 5.10 Å². The van der Waals surface area contributed by atoms with E-state index in [1.54, 1.807) is 29.0 Å². The van der Waals surface area contributed by atoms with Crippen molar-refractivity contribution in [3.05, 3.63) is 53.9 Å². The number of hydrogen-bond acceptors (Lipinski definition) is 4. The molecule has 1 saturated heterocycles. The minimum absolute atomic E-state index is 0.0109. The first-order valence-electron chi connectivity index (χ1n) is 7.92. The molecule has 0 N–H and O–H groups in total. The third-order valence-corrected chi connectivity index (χ3v) is 6.12. The number of aryl methyl sites for hydroxylation is 1. The van der Waals surface area contributed by atoms with Crippen LogP contribution in [0.3, 0.4) is 0 Å². The van der Waals surface area contributed by atoms with Crippen LogP contribution in [0.5, 0.6) is 0 Å². The van der Waals surface area contributed by atoms with Gasteiger partial charge in [0.25, 0.3) is 0 Å². The fraction of sp³-hybridized carbons (Fsp3) is 0.412. The second-order valence-electron chi connectivity index (χ2n) is 6.24. The summed E-state index contributed by atoms with van der Waals surface area (Å²) in [7, 11) is -1.38. The Labute approximate surface area is 142 Å². The van der Waals surface area contributed by atoms with Gasteiger partial charge in [-0.2, -0.15) is 5.10 Å². The van der Waals surface area contributed by atoms with Crippen LogP contribution in [0.4, 0.5) is 0 Å². The predicted octanol–water partition coefficient (Wildman–Crippen LogP) is 1.52. The van der Waals surface area contributed by atoms with Crippen molar-refractivity contribution in [3.8, 4) is 0 Å². The van der Waals surface area contributed by atoms with Crippen molar-refractivity contribution in [2.24, 2.45) is 7.05 Å². The lowest BCUT2D eigenvalue weighted by atomic mass is 9.98. The Morgan fingerprint density at radius 3 is 2.62 bits per heavy atom. The van der Waals surface area contributed by atoms with Gasteiger partial charge < -0.3 is 4.90 Å². The Hall–Kier alpha value is -2.15. The molecule has 2 atom stereocenters. The van der Waals surface area contributed by atoms with Crippen LogP contribution in [0, 0.1) is 0 Å².